The van der Waals surface area contributed by atoms with Gasteiger partial charge in [0.15, 0.2) is 0 Å². The molecule has 0 bridgehead atoms. The number of rotatable bonds is 2. The fourth-order valence-electron chi connectivity index (χ4n) is 2.97. The van der Waals surface area contributed by atoms with Crippen molar-refractivity contribution in [1.29, 1.82) is 0 Å². The van der Waals surface area contributed by atoms with Gasteiger partial charge in [0.25, 0.3) is 0 Å². The van der Waals surface area contributed by atoms with Crippen LogP contribution in [0.5, 0.6) is 0 Å². The number of hydrogen-bond acceptors (Lipinski definition) is 0. The summed E-state index contributed by atoms with van der Waals surface area (Å²) in [6, 6.07) is 19.0. The molecule has 2 aromatic rings. The molecule has 0 radical (unpaired) electrons. The van der Waals surface area contributed by atoms with Crippen LogP contribution in [0.4, 0.5) is 0 Å². The average molecular weight is 269 g/mol. The second-order valence-electron chi connectivity index (χ2n) is 5.40. The second-order valence-corrected chi connectivity index (χ2v) is 5.81. The van der Waals surface area contributed by atoms with Crippen molar-refractivity contribution >= 4 is 17.2 Å². The summed E-state index contributed by atoms with van der Waals surface area (Å²) in [6.07, 6.45) is 0. The lowest BCUT2D eigenvalue weighted by molar-refractivity contribution is 0.577. The SMILES string of the molecule is CC(C)C1C(Cl)=C(c2ccccc2)c2ccccc21. The van der Waals surface area contributed by atoms with Crippen LogP contribution in [0, 0.1) is 5.92 Å². The van der Waals surface area contributed by atoms with Gasteiger partial charge in [0.2, 0.25) is 0 Å². The predicted octanol–water partition coefficient (Wildman–Crippen LogP) is 5.44. The summed E-state index contributed by atoms with van der Waals surface area (Å²) in [4.78, 5) is 0. The molecule has 1 aliphatic rings. The summed E-state index contributed by atoms with van der Waals surface area (Å²) in [5, 5.41) is 0.988. The lowest BCUT2D eigenvalue weighted by atomic mass is 9.90. The lowest BCUT2D eigenvalue weighted by Crippen LogP contribution is -2.03. The zero-order valence-corrected chi connectivity index (χ0v) is 12.0. The van der Waals surface area contributed by atoms with Crippen molar-refractivity contribution in [3.63, 3.8) is 0 Å². The van der Waals surface area contributed by atoms with Crippen LogP contribution in [-0.4, -0.2) is 0 Å². The van der Waals surface area contributed by atoms with Crippen molar-refractivity contribution in [3.8, 4) is 0 Å². The van der Waals surface area contributed by atoms with Crippen LogP contribution in [0.25, 0.3) is 5.57 Å². The van der Waals surface area contributed by atoms with E-state index in [0.717, 1.165) is 5.03 Å². The van der Waals surface area contributed by atoms with E-state index in [1.165, 1.54) is 22.3 Å². The van der Waals surface area contributed by atoms with Crippen LogP contribution < -0.4 is 0 Å². The summed E-state index contributed by atoms with van der Waals surface area (Å²) in [5.74, 6) is 0.836. The number of fused-ring (bicyclic) bond motifs is 1. The van der Waals surface area contributed by atoms with Gasteiger partial charge < -0.3 is 0 Å². The van der Waals surface area contributed by atoms with Crippen molar-refractivity contribution in [2.24, 2.45) is 5.92 Å². The summed E-state index contributed by atoms with van der Waals surface area (Å²) < 4.78 is 0. The number of halogens is 1. The third-order valence-electron chi connectivity index (χ3n) is 3.81. The molecule has 0 spiro atoms. The first-order valence-corrected chi connectivity index (χ1v) is 7.12. The Morgan fingerprint density at radius 2 is 1.53 bits per heavy atom. The van der Waals surface area contributed by atoms with Crippen molar-refractivity contribution < 1.29 is 0 Å². The first-order valence-electron chi connectivity index (χ1n) is 6.74. The Hall–Kier alpha value is -1.53. The smallest absolute Gasteiger partial charge is 0.0343 e. The summed E-state index contributed by atoms with van der Waals surface area (Å²) in [5.41, 5.74) is 5.07. The van der Waals surface area contributed by atoms with E-state index < -0.39 is 0 Å². The molecule has 1 heteroatoms. The minimum absolute atomic E-state index is 0.327. The number of allylic oxidation sites excluding steroid dienone is 1. The van der Waals surface area contributed by atoms with Gasteiger partial charge in [0.1, 0.15) is 0 Å². The van der Waals surface area contributed by atoms with E-state index in [9.17, 15) is 0 Å². The number of benzene rings is 2. The van der Waals surface area contributed by atoms with Crippen molar-refractivity contribution in [1.82, 2.24) is 0 Å². The van der Waals surface area contributed by atoms with Gasteiger partial charge in [-0.3, -0.25) is 0 Å². The van der Waals surface area contributed by atoms with Gasteiger partial charge >= 0.3 is 0 Å². The van der Waals surface area contributed by atoms with Gasteiger partial charge in [-0.15, -0.1) is 0 Å². The average Bonchev–Trinajstić information content (AvgIpc) is 2.71. The Morgan fingerprint density at radius 3 is 2.21 bits per heavy atom. The van der Waals surface area contributed by atoms with E-state index in [-0.39, 0.29) is 0 Å². The molecular formula is C18H17Cl. The van der Waals surface area contributed by atoms with E-state index in [4.69, 9.17) is 11.6 Å². The molecule has 0 aliphatic heterocycles. The highest BCUT2D eigenvalue weighted by Crippen LogP contribution is 2.49. The molecule has 0 heterocycles. The molecule has 1 atom stereocenters. The molecule has 1 aliphatic carbocycles. The summed E-state index contributed by atoms with van der Waals surface area (Å²) in [7, 11) is 0. The van der Waals surface area contributed by atoms with Crippen LogP contribution in [0.15, 0.2) is 59.6 Å². The largest absolute Gasteiger partial charge is 0.0878 e. The Kier molecular flexibility index (Phi) is 3.20. The van der Waals surface area contributed by atoms with E-state index in [0.29, 0.717) is 11.8 Å². The molecule has 19 heavy (non-hydrogen) atoms. The van der Waals surface area contributed by atoms with E-state index in [1.54, 1.807) is 0 Å². The molecule has 2 aromatic carbocycles. The second kappa shape index (κ2) is 4.86. The summed E-state index contributed by atoms with van der Waals surface area (Å²) in [6.45, 7) is 4.47. The Morgan fingerprint density at radius 1 is 0.895 bits per heavy atom. The van der Waals surface area contributed by atoms with Gasteiger partial charge in [-0.2, -0.15) is 0 Å². The Bertz CT molecular complexity index is 623. The van der Waals surface area contributed by atoms with Crippen LogP contribution in [0.2, 0.25) is 0 Å². The van der Waals surface area contributed by atoms with Crippen LogP contribution in [0.1, 0.15) is 36.5 Å². The van der Waals surface area contributed by atoms with Crippen LogP contribution in [-0.2, 0) is 0 Å². The molecule has 0 saturated carbocycles. The quantitative estimate of drug-likeness (QED) is 0.680. The fraction of sp³-hybridized carbons (Fsp3) is 0.222. The van der Waals surface area contributed by atoms with Gasteiger partial charge in [-0.05, 0) is 22.6 Å². The van der Waals surface area contributed by atoms with Crippen molar-refractivity contribution in [3.05, 3.63) is 76.3 Å². The normalized spacial score (nSPS) is 18.0. The highest BCUT2D eigenvalue weighted by molar-refractivity contribution is 6.35. The lowest BCUT2D eigenvalue weighted by Gasteiger charge is -2.16. The first kappa shape index (κ1) is 12.5. The fourth-order valence-corrected chi connectivity index (χ4v) is 3.55. The standard InChI is InChI=1S/C18H17Cl/c1-12(2)16-14-10-6-7-11-15(14)17(18(16)19)13-8-4-3-5-9-13/h3-12,16H,1-2H3. The minimum Gasteiger partial charge on any atom is -0.0878 e. The van der Waals surface area contributed by atoms with Crippen LogP contribution >= 0.6 is 11.6 Å². The molecule has 0 amide bonds. The molecule has 96 valence electrons. The van der Waals surface area contributed by atoms with Gasteiger partial charge in [0, 0.05) is 16.5 Å². The third-order valence-corrected chi connectivity index (χ3v) is 4.23. The predicted molar refractivity (Wildman–Crippen MR) is 82.3 cm³/mol. The maximum atomic E-state index is 6.72. The van der Waals surface area contributed by atoms with Gasteiger partial charge in [-0.1, -0.05) is 80.0 Å². The maximum absolute atomic E-state index is 6.72. The molecular weight excluding hydrogens is 252 g/mol. The van der Waals surface area contributed by atoms with E-state index in [2.05, 4.69) is 62.4 Å². The first-order chi connectivity index (χ1) is 9.20. The molecule has 0 N–H and O–H groups in total. The molecule has 0 nitrogen and oxygen atoms in total. The zero-order valence-electron chi connectivity index (χ0n) is 11.2. The maximum Gasteiger partial charge on any atom is 0.0343 e. The van der Waals surface area contributed by atoms with Gasteiger partial charge in [0.05, 0.1) is 0 Å². The molecule has 0 aromatic heterocycles. The molecule has 0 fully saturated rings. The van der Waals surface area contributed by atoms with E-state index in [1.807, 2.05) is 6.07 Å². The van der Waals surface area contributed by atoms with E-state index >= 15 is 0 Å². The van der Waals surface area contributed by atoms with Gasteiger partial charge in [-0.25, -0.2) is 0 Å². The monoisotopic (exact) mass is 268 g/mol. The van der Waals surface area contributed by atoms with Crippen LogP contribution in [0.3, 0.4) is 0 Å². The van der Waals surface area contributed by atoms with Crippen molar-refractivity contribution in [2.75, 3.05) is 0 Å². The zero-order chi connectivity index (χ0) is 13.4. The molecule has 3 rings (SSSR count). The number of hydrogen-bond donors (Lipinski definition) is 0. The van der Waals surface area contributed by atoms with Crippen molar-refractivity contribution in [2.45, 2.75) is 19.8 Å². The highest BCUT2D eigenvalue weighted by Gasteiger charge is 2.32. The minimum atomic E-state index is 0.327. The molecule has 0 saturated heterocycles. The Balaban J connectivity index is 2.23. The highest BCUT2D eigenvalue weighted by atomic mass is 35.5. The molecule has 1 unspecified atom stereocenters. The Labute approximate surface area is 119 Å². The third kappa shape index (κ3) is 2.01. The topological polar surface area (TPSA) is 0 Å². The summed E-state index contributed by atoms with van der Waals surface area (Å²) >= 11 is 6.72.